The quantitative estimate of drug-likeness (QED) is 0.845. The first-order chi connectivity index (χ1) is 11.9. The summed E-state index contributed by atoms with van der Waals surface area (Å²) >= 11 is 1.44. The molecule has 0 radical (unpaired) electrons. The molecule has 1 saturated heterocycles. The normalized spacial score (nSPS) is 18.0. The molecular weight excluding hydrogens is 352 g/mol. The number of amides is 1. The number of hydrogen-bond donors (Lipinski definition) is 2. The van der Waals surface area contributed by atoms with Crippen LogP contribution in [0.2, 0.25) is 0 Å². The van der Waals surface area contributed by atoms with Crippen LogP contribution in [0, 0.1) is 11.6 Å². The molecule has 1 atom stereocenters. The molecule has 1 aromatic heterocycles. The van der Waals surface area contributed by atoms with Crippen molar-refractivity contribution in [2.45, 2.75) is 11.7 Å². The van der Waals surface area contributed by atoms with E-state index in [0.29, 0.717) is 25.3 Å². The maximum Gasteiger partial charge on any atom is 0.326 e. The van der Waals surface area contributed by atoms with E-state index in [1.807, 2.05) is 4.98 Å². The highest BCUT2D eigenvalue weighted by atomic mass is 32.2. The van der Waals surface area contributed by atoms with E-state index in [4.69, 9.17) is 0 Å². The molecule has 2 N–H and O–H groups in total. The number of nitrogens with one attached hydrogen (secondary N) is 2. The molecule has 132 valence electrons. The van der Waals surface area contributed by atoms with Crippen molar-refractivity contribution in [3.63, 3.8) is 0 Å². The number of carbonyl (C=O) groups excluding carboxylic acids is 1. The van der Waals surface area contributed by atoms with Gasteiger partial charge in [-0.1, -0.05) is 0 Å². The summed E-state index contributed by atoms with van der Waals surface area (Å²) < 4.78 is 27.4. The lowest BCUT2D eigenvalue weighted by atomic mass is 10.1. The van der Waals surface area contributed by atoms with E-state index in [1.165, 1.54) is 22.7 Å². The number of benzene rings is 1. The molecule has 2 heterocycles. The molecule has 0 saturated carbocycles. The van der Waals surface area contributed by atoms with Crippen LogP contribution in [0.15, 0.2) is 33.9 Å². The van der Waals surface area contributed by atoms with Crippen molar-refractivity contribution in [2.75, 3.05) is 18.8 Å². The molecule has 3 rings (SSSR count). The molecule has 6 nitrogen and oxygen atoms in total. The van der Waals surface area contributed by atoms with Gasteiger partial charge in [-0.05, 0) is 24.6 Å². The zero-order chi connectivity index (χ0) is 18.0. The first-order valence-electron chi connectivity index (χ1n) is 7.63. The first-order valence-corrected chi connectivity index (χ1v) is 8.68. The summed E-state index contributed by atoms with van der Waals surface area (Å²) in [4.78, 5) is 40.9. The van der Waals surface area contributed by atoms with Gasteiger partial charge < -0.3 is 9.88 Å². The van der Waals surface area contributed by atoms with Crippen molar-refractivity contribution in [2.24, 2.45) is 0 Å². The van der Waals surface area contributed by atoms with Crippen molar-refractivity contribution >= 4 is 17.7 Å². The minimum atomic E-state index is -0.750. The van der Waals surface area contributed by atoms with Gasteiger partial charge in [0.15, 0.2) is 0 Å². The van der Waals surface area contributed by atoms with Crippen molar-refractivity contribution in [1.82, 2.24) is 14.9 Å². The van der Waals surface area contributed by atoms with Gasteiger partial charge in [-0.25, -0.2) is 13.6 Å². The highest BCUT2D eigenvalue weighted by Crippen LogP contribution is 2.36. The average molecular weight is 367 g/mol. The molecular formula is C16H15F2N3O3S. The summed E-state index contributed by atoms with van der Waals surface area (Å²) in [7, 11) is 0. The third-order valence-corrected chi connectivity index (χ3v) is 5.23. The van der Waals surface area contributed by atoms with Crippen LogP contribution in [-0.2, 0) is 0 Å². The highest BCUT2D eigenvalue weighted by molar-refractivity contribution is 7.99. The largest absolute Gasteiger partial charge is 0.336 e. The van der Waals surface area contributed by atoms with Crippen molar-refractivity contribution in [3.8, 4) is 0 Å². The molecule has 25 heavy (non-hydrogen) atoms. The summed E-state index contributed by atoms with van der Waals surface area (Å²) in [5.41, 5.74) is -1.21. The number of aromatic amines is 2. The first kappa shape index (κ1) is 17.4. The van der Waals surface area contributed by atoms with Gasteiger partial charge >= 0.3 is 5.69 Å². The molecule has 0 bridgehead atoms. The van der Waals surface area contributed by atoms with Crippen LogP contribution in [0.3, 0.4) is 0 Å². The number of aromatic nitrogens is 2. The number of carbonyl (C=O) groups is 1. The predicted molar refractivity (Wildman–Crippen MR) is 89.8 cm³/mol. The lowest BCUT2D eigenvalue weighted by Crippen LogP contribution is -2.36. The van der Waals surface area contributed by atoms with Gasteiger partial charge in [-0.3, -0.25) is 14.6 Å². The van der Waals surface area contributed by atoms with Crippen LogP contribution in [0.1, 0.15) is 27.7 Å². The van der Waals surface area contributed by atoms with Crippen molar-refractivity contribution in [1.29, 1.82) is 0 Å². The van der Waals surface area contributed by atoms with E-state index in [9.17, 15) is 23.2 Å². The number of hydrogen-bond acceptors (Lipinski definition) is 4. The summed E-state index contributed by atoms with van der Waals surface area (Å²) in [5.74, 6) is -0.920. The Morgan fingerprint density at radius 3 is 2.72 bits per heavy atom. The Labute approximate surface area is 145 Å². The molecule has 1 aliphatic rings. The monoisotopic (exact) mass is 367 g/mol. The second kappa shape index (κ2) is 7.22. The van der Waals surface area contributed by atoms with Gasteiger partial charge in [0.1, 0.15) is 17.3 Å². The molecule has 0 aliphatic carbocycles. The van der Waals surface area contributed by atoms with Gasteiger partial charge in [0.2, 0.25) is 0 Å². The Kier molecular flexibility index (Phi) is 5.03. The van der Waals surface area contributed by atoms with Crippen LogP contribution in [-0.4, -0.2) is 39.6 Å². The standard InChI is InChI=1S/C16H15F2N3O3S/c17-9-1-2-11(18)10(7-9)13-3-4-21(5-6-25-13)15(23)12-8-14(22)20-16(24)19-12/h1-2,7-8,13H,3-6H2,(H2,19,20,22,24). The van der Waals surface area contributed by atoms with Gasteiger partial charge in [0.25, 0.3) is 11.5 Å². The average Bonchev–Trinajstić information content (AvgIpc) is 2.81. The van der Waals surface area contributed by atoms with Gasteiger partial charge in [-0.2, -0.15) is 11.8 Å². The third kappa shape index (κ3) is 3.98. The van der Waals surface area contributed by atoms with E-state index in [-0.39, 0.29) is 16.5 Å². The maximum atomic E-state index is 14.0. The fourth-order valence-electron chi connectivity index (χ4n) is 2.74. The number of nitrogens with zero attached hydrogens (tertiary/aromatic N) is 1. The molecule has 1 aliphatic heterocycles. The van der Waals surface area contributed by atoms with E-state index >= 15 is 0 Å². The summed E-state index contributed by atoms with van der Waals surface area (Å²) in [6.45, 7) is 0.688. The van der Waals surface area contributed by atoms with E-state index < -0.39 is 28.8 Å². The SMILES string of the molecule is O=C(c1cc(=O)[nH]c(=O)[nH]1)N1CCSC(c2cc(F)ccc2F)CC1. The van der Waals surface area contributed by atoms with Crippen LogP contribution in [0.5, 0.6) is 0 Å². The van der Waals surface area contributed by atoms with E-state index in [1.54, 1.807) is 0 Å². The van der Waals surface area contributed by atoms with E-state index in [2.05, 4.69) is 4.98 Å². The second-order valence-corrected chi connectivity index (χ2v) is 6.92. The fourth-order valence-corrected chi connectivity index (χ4v) is 3.98. The molecule has 1 unspecified atom stereocenters. The van der Waals surface area contributed by atoms with Gasteiger partial charge in [0, 0.05) is 35.7 Å². The Hall–Kier alpha value is -2.42. The maximum absolute atomic E-state index is 14.0. The third-order valence-electron chi connectivity index (χ3n) is 3.92. The minimum absolute atomic E-state index is 0.0888. The zero-order valence-electron chi connectivity index (χ0n) is 13.1. The highest BCUT2D eigenvalue weighted by Gasteiger charge is 2.25. The molecule has 1 amide bonds. The number of rotatable bonds is 2. The fraction of sp³-hybridized carbons (Fsp3) is 0.312. The Morgan fingerprint density at radius 1 is 1.16 bits per heavy atom. The smallest absolute Gasteiger partial charge is 0.326 e. The topological polar surface area (TPSA) is 86.0 Å². The van der Waals surface area contributed by atoms with Crippen LogP contribution in [0.25, 0.3) is 0 Å². The Balaban J connectivity index is 1.77. The van der Waals surface area contributed by atoms with Crippen molar-refractivity contribution in [3.05, 3.63) is 68.0 Å². The van der Waals surface area contributed by atoms with Crippen LogP contribution in [0.4, 0.5) is 8.78 Å². The minimum Gasteiger partial charge on any atom is -0.336 e. The molecule has 9 heteroatoms. The van der Waals surface area contributed by atoms with Gasteiger partial charge in [-0.15, -0.1) is 0 Å². The molecule has 1 fully saturated rings. The molecule has 2 aromatic rings. The zero-order valence-corrected chi connectivity index (χ0v) is 13.9. The summed E-state index contributed by atoms with van der Waals surface area (Å²) in [5, 5.41) is -0.272. The Bertz CT molecular complexity index is 884. The number of thioether (sulfide) groups is 1. The number of halogens is 2. The predicted octanol–water partition coefficient (Wildman–Crippen LogP) is 1.66. The second-order valence-electron chi connectivity index (χ2n) is 5.61. The number of H-pyrrole nitrogens is 2. The van der Waals surface area contributed by atoms with Crippen LogP contribution >= 0.6 is 11.8 Å². The van der Waals surface area contributed by atoms with Crippen LogP contribution < -0.4 is 11.2 Å². The molecule has 1 aromatic carbocycles. The van der Waals surface area contributed by atoms with Gasteiger partial charge in [0.05, 0.1) is 0 Å². The van der Waals surface area contributed by atoms with E-state index in [0.717, 1.165) is 18.2 Å². The Morgan fingerprint density at radius 2 is 1.96 bits per heavy atom. The summed E-state index contributed by atoms with van der Waals surface area (Å²) in [6.07, 6.45) is 0.435. The lowest BCUT2D eigenvalue weighted by Gasteiger charge is -2.20. The summed E-state index contributed by atoms with van der Waals surface area (Å²) in [6, 6.07) is 4.38. The lowest BCUT2D eigenvalue weighted by molar-refractivity contribution is 0.0760. The van der Waals surface area contributed by atoms with Crippen molar-refractivity contribution < 1.29 is 13.6 Å². The molecule has 0 spiro atoms.